The van der Waals surface area contributed by atoms with Gasteiger partial charge in [-0.1, -0.05) is 23.7 Å². The van der Waals surface area contributed by atoms with Gasteiger partial charge in [0.1, 0.15) is 5.82 Å². The SMILES string of the molecule is CC(=CB1OC(C)(C)C(C)(C)O1)c1cccc(F)c1. The van der Waals surface area contributed by atoms with E-state index in [1.165, 1.54) is 12.1 Å². The molecule has 1 aliphatic rings. The van der Waals surface area contributed by atoms with Crippen LogP contribution in [0.15, 0.2) is 30.2 Å². The smallest absolute Gasteiger partial charge is 0.400 e. The first-order valence-electron chi connectivity index (χ1n) is 6.51. The fourth-order valence-electron chi connectivity index (χ4n) is 1.99. The highest BCUT2D eigenvalue weighted by atomic mass is 19.1. The first-order chi connectivity index (χ1) is 8.71. The van der Waals surface area contributed by atoms with Gasteiger partial charge in [-0.2, -0.15) is 0 Å². The molecule has 1 aliphatic heterocycles. The van der Waals surface area contributed by atoms with Gasteiger partial charge in [-0.05, 0) is 52.3 Å². The normalized spacial score (nSPS) is 21.8. The molecule has 0 spiro atoms. The number of hydrogen-bond donors (Lipinski definition) is 0. The first kappa shape index (κ1) is 14.3. The molecule has 1 fully saturated rings. The first-order valence-corrected chi connectivity index (χ1v) is 6.51. The Bertz CT molecular complexity index is 493. The maximum Gasteiger partial charge on any atom is 0.487 e. The quantitative estimate of drug-likeness (QED) is 0.753. The minimum absolute atomic E-state index is 0.237. The molecular weight excluding hydrogens is 242 g/mol. The highest BCUT2D eigenvalue weighted by Gasteiger charge is 2.50. The van der Waals surface area contributed by atoms with Crippen LogP contribution in [0.25, 0.3) is 5.57 Å². The second-order valence-electron chi connectivity index (χ2n) is 5.98. The molecule has 1 aromatic rings. The number of hydrogen-bond acceptors (Lipinski definition) is 2. The van der Waals surface area contributed by atoms with Crippen molar-refractivity contribution in [2.24, 2.45) is 0 Å². The number of rotatable bonds is 2. The van der Waals surface area contributed by atoms with Gasteiger partial charge in [-0.3, -0.25) is 0 Å². The van der Waals surface area contributed by atoms with Crippen LogP contribution in [0.1, 0.15) is 40.2 Å². The third-order valence-corrected chi connectivity index (χ3v) is 3.94. The van der Waals surface area contributed by atoms with E-state index in [1.807, 2.05) is 46.7 Å². The summed E-state index contributed by atoms with van der Waals surface area (Å²) in [7, 11) is -0.395. The zero-order valence-corrected chi connectivity index (χ0v) is 12.2. The van der Waals surface area contributed by atoms with Gasteiger partial charge in [-0.15, -0.1) is 0 Å². The Hall–Kier alpha value is -1.13. The zero-order chi connectivity index (χ0) is 14.3. The van der Waals surface area contributed by atoms with Crippen molar-refractivity contribution >= 4 is 12.7 Å². The fourth-order valence-corrected chi connectivity index (χ4v) is 1.99. The van der Waals surface area contributed by atoms with Gasteiger partial charge < -0.3 is 9.31 Å². The van der Waals surface area contributed by atoms with Gasteiger partial charge in [0.15, 0.2) is 0 Å². The Kier molecular flexibility index (Phi) is 3.58. The Balaban J connectivity index is 2.20. The van der Waals surface area contributed by atoms with Crippen LogP contribution >= 0.6 is 0 Å². The Morgan fingerprint density at radius 3 is 2.26 bits per heavy atom. The van der Waals surface area contributed by atoms with E-state index in [4.69, 9.17) is 9.31 Å². The lowest BCUT2D eigenvalue weighted by atomic mass is 9.85. The average molecular weight is 262 g/mol. The maximum atomic E-state index is 13.2. The molecule has 0 aliphatic carbocycles. The molecule has 0 aromatic heterocycles. The molecule has 19 heavy (non-hydrogen) atoms. The van der Waals surface area contributed by atoms with E-state index in [1.54, 1.807) is 6.07 Å². The van der Waals surface area contributed by atoms with Crippen molar-refractivity contribution in [2.75, 3.05) is 0 Å². The van der Waals surface area contributed by atoms with Crippen LogP contribution in [0.2, 0.25) is 0 Å². The van der Waals surface area contributed by atoms with Crippen molar-refractivity contribution in [2.45, 2.75) is 45.8 Å². The second kappa shape index (κ2) is 4.76. The molecule has 4 heteroatoms. The van der Waals surface area contributed by atoms with Gasteiger partial charge in [0.2, 0.25) is 0 Å². The molecule has 1 saturated heterocycles. The monoisotopic (exact) mass is 262 g/mol. The van der Waals surface area contributed by atoms with Crippen LogP contribution < -0.4 is 0 Å². The predicted octanol–water partition coefficient (Wildman–Crippen LogP) is 3.86. The molecule has 0 amide bonds. The third kappa shape index (κ3) is 2.90. The van der Waals surface area contributed by atoms with E-state index in [-0.39, 0.29) is 17.0 Å². The van der Waals surface area contributed by atoms with Crippen LogP contribution in [0, 0.1) is 5.82 Å². The second-order valence-corrected chi connectivity index (χ2v) is 5.98. The summed E-state index contributed by atoms with van der Waals surface area (Å²) < 4.78 is 25.0. The Morgan fingerprint density at radius 2 is 1.74 bits per heavy atom. The highest BCUT2D eigenvalue weighted by Crippen LogP contribution is 2.37. The van der Waals surface area contributed by atoms with Crippen molar-refractivity contribution in [1.29, 1.82) is 0 Å². The maximum absolute atomic E-state index is 13.2. The largest absolute Gasteiger partial charge is 0.487 e. The van der Waals surface area contributed by atoms with Crippen molar-refractivity contribution in [3.05, 3.63) is 41.6 Å². The summed E-state index contributed by atoms with van der Waals surface area (Å²) in [5.74, 6) is 1.66. The Labute approximate surface area is 114 Å². The van der Waals surface area contributed by atoms with Gasteiger partial charge in [0.25, 0.3) is 0 Å². The topological polar surface area (TPSA) is 18.5 Å². The molecule has 0 bridgehead atoms. The molecule has 1 heterocycles. The summed E-state index contributed by atoms with van der Waals surface area (Å²) in [6, 6.07) is 6.52. The van der Waals surface area contributed by atoms with Crippen molar-refractivity contribution in [1.82, 2.24) is 0 Å². The minimum atomic E-state index is -0.395. The van der Waals surface area contributed by atoms with Crippen molar-refractivity contribution in [3.8, 4) is 0 Å². The van der Waals surface area contributed by atoms with Crippen LogP contribution in [-0.2, 0) is 9.31 Å². The summed E-state index contributed by atoms with van der Waals surface area (Å²) in [6.45, 7) is 9.98. The molecule has 0 unspecified atom stereocenters. The predicted molar refractivity (Wildman–Crippen MR) is 76.1 cm³/mol. The lowest BCUT2D eigenvalue weighted by molar-refractivity contribution is 0.00578. The zero-order valence-electron chi connectivity index (χ0n) is 12.2. The van der Waals surface area contributed by atoms with E-state index >= 15 is 0 Å². The summed E-state index contributed by atoms with van der Waals surface area (Å²) in [4.78, 5) is 0. The fraction of sp³-hybridized carbons (Fsp3) is 0.467. The molecule has 1 aromatic carbocycles. The van der Waals surface area contributed by atoms with E-state index in [0.717, 1.165) is 11.1 Å². The van der Waals surface area contributed by atoms with Crippen LogP contribution in [0.5, 0.6) is 0 Å². The van der Waals surface area contributed by atoms with Gasteiger partial charge in [0, 0.05) is 0 Å². The van der Waals surface area contributed by atoms with Crippen LogP contribution in [0.4, 0.5) is 4.39 Å². The summed E-state index contributed by atoms with van der Waals surface area (Å²) in [5, 5.41) is 0. The third-order valence-electron chi connectivity index (χ3n) is 3.94. The van der Waals surface area contributed by atoms with E-state index in [9.17, 15) is 4.39 Å². The van der Waals surface area contributed by atoms with E-state index < -0.39 is 7.12 Å². The lowest BCUT2D eigenvalue weighted by Gasteiger charge is -2.32. The molecule has 102 valence electrons. The minimum Gasteiger partial charge on any atom is -0.400 e. The van der Waals surface area contributed by atoms with Crippen molar-refractivity contribution < 1.29 is 13.7 Å². The molecule has 0 atom stereocenters. The lowest BCUT2D eigenvalue weighted by Crippen LogP contribution is -2.41. The number of benzene rings is 1. The van der Waals surface area contributed by atoms with E-state index in [0.29, 0.717) is 0 Å². The van der Waals surface area contributed by atoms with Gasteiger partial charge >= 0.3 is 7.12 Å². The molecular formula is C15H20BFO2. The summed E-state index contributed by atoms with van der Waals surface area (Å²) >= 11 is 0. The summed E-state index contributed by atoms with van der Waals surface area (Å²) in [6.07, 6.45) is 0. The standard InChI is InChI=1S/C15H20BFO2/c1-11(12-7-6-8-13(17)9-12)10-16-18-14(2,3)15(4,5)19-16/h6-10H,1-5H3. The molecule has 0 saturated carbocycles. The molecule has 0 N–H and O–H groups in total. The average Bonchev–Trinajstić information content (AvgIpc) is 2.46. The van der Waals surface area contributed by atoms with Gasteiger partial charge in [-0.25, -0.2) is 4.39 Å². The molecule has 2 rings (SSSR count). The molecule has 0 radical (unpaired) electrons. The van der Waals surface area contributed by atoms with Gasteiger partial charge in [0.05, 0.1) is 11.2 Å². The molecule has 2 nitrogen and oxygen atoms in total. The highest BCUT2D eigenvalue weighted by molar-refractivity contribution is 6.53. The number of halogens is 1. The van der Waals surface area contributed by atoms with E-state index in [2.05, 4.69) is 0 Å². The van der Waals surface area contributed by atoms with Crippen LogP contribution in [-0.4, -0.2) is 18.3 Å². The Morgan fingerprint density at radius 1 is 1.16 bits per heavy atom. The number of allylic oxidation sites excluding steroid dienone is 1. The van der Waals surface area contributed by atoms with Crippen LogP contribution in [0.3, 0.4) is 0 Å². The van der Waals surface area contributed by atoms with Crippen molar-refractivity contribution in [3.63, 3.8) is 0 Å². The summed E-state index contributed by atoms with van der Waals surface area (Å²) in [5.41, 5.74) is 1.08.